The molecule has 0 bridgehead atoms. The van der Waals surface area contributed by atoms with Crippen molar-refractivity contribution < 1.29 is 9.53 Å². The van der Waals surface area contributed by atoms with Crippen LogP contribution < -0.4 is 11.1 Å². The molecule has 0 aliphatic rings. The predicted molar refractivity (Wildman–Crippen MR) is 67.4 cm³/mol. The summed E-state index contributed by atoms with van der Waals surface area (Å²) < 4.78 is 5.65. The van der Waals surface area contributed by atoms with Crippen LogP contribution in [0.4, 0.5) is 5.69 Å². The molecule has 0 fully saturated rings. The Balaban J connectivity index is 2.57. The van der Waals surface area contributed by atoms with Crippen molar-refractivity contribution in [3.63, 3.8) is 0 Å². The number of rotatable bonds is 5. The van der Waals surface area contributed by atoms with Gasteiger partial charge in [0.1, 0.15) is 6.61 Å². The molecule has 0 spiro atoms. The van der Waals surface area contributed by atoms with Crippen molar-refractivity contribution in [2.75, 3.05) is 25.1 Å². The van der Waals surface area contributed by atoms with Gasteiger partial charge in [0.05, 0.1) is 23.9 Å². The third-order valence-corrected chi connectivity index (χ3v) is 2.52. The van der Waals surface area contributed by atoms with Gasteiger partial charge in [-0.15, -0.1) is 0 Å². The number of nitrogens with one attached hydrogen (secondary N) is 1. The highest BCUT2D eigenvalue weighted by molar-refractivity contribution is 9.10. The summed E-state index contributed by atoms with van der Waals surface area (Å²) in [6, 6.07) is 6.93. The summed E-state index contributed by atoms with van der Waals surface area (Å²) in [5, 5.41) is 11.3. The summed E-state index contributed by atoms with van der Waals surface area (Å²) in [6.07, 6.45) is 0. The molecule has 90 valence electrons. The van der Waals surface area contributed by atoms with E-state index in [0.717, 1.165) is 0 Å². The van der Waals surface area contributed by atoms with Crippen LogP contribution in [-0.2, 0) is 9.53 Å². The van der Waals surface area contributed by atoms with Crippen molar-refractivity contribution >= 4 is 27.5 Å². The number of benzene rings is 1. The van der Waals surface area contributed by atoms with Gasteiger partial charge in [0, 0.05) is 11.0 Å². The third kappa shape index (κ3) is 4.53. The van der Waals surface area contributed by atoms with Gasteiger partial charge in [-0.1, -0.05) is 0 Å². The van der Waals surface area contributed by atoms with Crippen LogP contribution in [0.3, 0.4) is 0 Å². The molecule has 1 aromatic rings. The topological polar surface area (TPSA) is 88.1 Å². The maximum atomic E-state index is 11.4. The molecular formula is C11H12BrN3O2. The highest BCUT2D eigenvalue weighted by atomic mass is 79.9. The molecule has 5 nitrogen and oxygen atoms in total. The number of nitriles is 1. The highest BCUT2D eigenvalue weighted by Crippen LogP contribution is 2.23. The largest absolute Gasteiger partial charge is 0.370 e. The van der Waals surface area contributed by atoms with Crippen molar-refractivity contribution in [3.8, 4) is 6.07 Å². The molecule has 0 unspecified atom stereocenters. The van der Waals surface area contributed by atoms with Crippen LogP contribution >= 0.6 is 15.9 Å². The van der Waals surface area contributed by atoms with E-state index >= 15 is 0 Å². The van der Waals surface area contributed by atoms with Gasteiger partial charge in [-0.25, -0.2) is 0 Å². The lowest BCUT2D eigenvalue weighted by atomic mass is 10.2. The number of halogens is 1. The molecule has 6 heteroatoms. The number of amides is 1. The number of ether oxygens (including phenoxy) is 1. The quantitative estimate of drug-likeness (QED) is 0.800. The van der Waals surface area contributed by atoms with Crippen molar-refractivity contribution in [1.82, 2.24) is 0 Å². The summed E-state index contributed by atoms with van der Waals surface area (Å²) >= 11 is 3.27. The predicted octanol–water partition coefficient (Wildman–Crippen LogP) is 1.23. The molecule has 0 aliphatic heterocycles. The first-order valence-corrected chi connectivity index (χ1v) is 5.74. The molecule has 0 aromatic heterocycles. The van der Waals surface area contributed by atoms with Gasteiger partial charge < -0.3 is 15.8 Å². The Morgan fingerprint density at radius 2 is 2.35 bits per heavy atom. The highest BCUT2D eigenvalue weighted by Gasteiger charge is 2.06. The third-order valence-electron chi connectivity index (χ3n) is 1.87. The Labute approximate surface area is 108 Å². The number of nitrogens with two attached hydrogens (primary N) is 1. The molecule has 0 atom stereocenters. The fraction of sp³-hybridized carbons (Fsp3) is 0.273. The number of carbonyl (C=O) groups excluding carboxylic acids is 1. The van der Waals surface area contributed by atoms with Gasteiger partial charge in [0.2, 0.25) is 5.91 Å². The SMILES string of the molecule is N#Cc1ccc(NC(=O)COCCN)c(Br)c1. The number of carbonyl (C=O) groups is 1. The van der Waals surface area contributed by atoms with E-state index in [1.165, 1.54) is 0 Å². The van der Waals surface area contributed by atoms with Gasteiger partial charge >= 0.3 is 0 Å². The Morgan fingerprint density at radius 1 is 1.59 bits per heavy atom. The lowest BCUT2D eigenvalue weighted by molar-refractivity contribution is -0.120. The van der Waals surface area contributed by atoms with Gasteiger partial charge in [-0.3, -0.25) is 4.79 Å². The lowest BCUT2D eigenvalue weighted by Gasteiger charge is -2.07. The molecule has 0 radical (unpaired) electrons. The van der Waals surface area contributed by atoms with Crippen LogP contribution in [0.2, 0.25) is 0 Å². The van der Waals surface area contributed by atoms with Gasteiger partial charge in [0.15, 0.2) is 0 Å². The second kappa shape index (κ2) is 7.01. The zero-order valence-corrected chi connectivity index (χ0v) is 10.7. The molecule has 1 aromatic carbocycles. The summed E-state index contributed by atoms with van der Waals surface area (Å²) in [6.45, 7) is 0.694. The molecule has 0 saturated heterocycles. The van der Waals surface area contributed by atoms with E-state index < -0.39 is 0 Å². The number of hydrogen-bond acceptors (Lipinski definition) is 4. The van der Waals surface area contributed by atoms with Crippen molar-refractivity contribution in [2.45, 2.75) is 0 Å². The number of hydrogen-bond donors (Lipinski definition) is 2. The zero-order valence-electron chi connectivity index (χ0n) is 9.07. The normalized spacial score (nSPS) is 9.71. The molecule has 0 saturated carbocycles. The molecule has 0 heterocycles. The summed E-state index contributed by atoms with van der Waals surface area (Å²) in [5.41, 5.74) is 6.35. The first-order chi connectivity index (χ1) is 8.17. The average Bonchev–Trinajstić information content (AvgIpc) is 2.32. The molecule has 1 rings (SSSR count). The van der Waals surface area contributed by atoms with Crippen molar-refractivity contribution in [3.05, 3.63) is 28.2 Å². The van der Waals surface area contributed by atoms with Crippen molar-refractivity contribution in [1.29, 1.82) is 5.26 Å². The van der Waals surface area contributed by atoms with Gasteiger partial charge in [0.25, 0.3) is 0 Å². The van der Waals surface area contributed by atoms with Crippen LogP contribution in [0, 0.1) is 11.3 Å². The zero-order chi connectivity index (χ0) is 12.7. The smallest absolute Gasteiger partial charge is 0.250 e. The summed E-state index contributed by atoms with van der Waals surface area (Å²) in [7, 11) is 0. The fourth-order valence-electron chi connectivity index (χ4n) is 1.12. The van der Waals surface area contributed by atoms with Crippen LogP contribution in [0.1, 0.15) is 5.56 Å². The average molecular weight is 298 g/mol. The first-order valence-electron chi connectivity index (χ1n) is 4.94. The Morgan fingerprint density at radius 3 is 2.94 bits per heavy atom. The van der Waals surface area contributed by atoms with E-state index in [-0.39, 0.29) is 12.5 Å². The van der Waals surface area contributed by atoms with Crippen LogP contribution in [0.15, 0.2) is 22.7 Å². The maximum absolute atomic E-state index is 11.4. The minimum absolute atomic E-state index is 0.0381. The van der Waals surface area contributed by atoms with Gasteiger partial charge in [-0.2, -0.15) is 5.26 Å². The van der Waals surface area contributed by atoms with Crippen LogP contribution in [0.5, 0.6) is 0 Å². The monoisotopic (exact) mass is 297 g/mol. The minimum Gasteiger partial charge on any atom is -0.370 e. The van der Waals surface area contributed by atoms with E-state index in [1.807, 2.05) is 6.07 Å². The second-order valence-electron chi connectivity index (χ2n) is 3.20. The summed E-state index contributed by atoms with van der Waals surface area (Å²) in [5.74, 6) is -0.260. The Bertz CT molecular complexity index is 443. The molecule has 0 aliphatic carbocycles. The van der Waals surface area contributed by atoms with Crippen LogP contribution in [-0.4, -0.2) is 25.7 Å². The molecule has 3 N–H and O–H groups in total. The molecule has 1 amide bonds. The van der Waals surface area contributed by atoms with E-state index in [9.17, 15) is 4.79 Å². The van der Waals surface area contributed by atoms with E-state index in [1.54, 1.807) is 18.2 Å². The number of anilines is 1. The van der Waals surface area contributed by atoms with Gasteiger partial charge in [-0.05, 0) is 34.1 Å². The molecular weight excluding hydrogens is 286 g/mol. The van der Waals surface area contributed by atoms with Crippen molar-refractivity contribution in [2.24, 2.45) is 5.73 Å². The summed E-state index contributed by atoms with van der Waals surface area (Å²) in [4.78, 5) is 11.4. The Hall–Kier alpha value is -1.42. The maximum Gasteiger partial charge on any atom is 0.250 e. The first kappa shape index (κ1) is 13.6. The lowest BCUT2D eigenvalue weighted by Crippen LogP contribution is -2.20. The minimum atomic E-state index is -0.260. The standard InChI is InChI=1S/C11H12BrN3O2/c12-9-5-8(6-14)1-2-10(9)15-11(16)7-17-4-3-13/h1-2,5H,3-4,7,13H2,(H,15,16). The second-order valence-corrected chi connectivity index (χ2v) is 4.05. The fourth-order valence-corrected chi connectivity index (χ4v) is 1.60. The van der Waals surface area contributed by atoms with E-state index in [2.05, 4.69) is 21.2 Å². The number of nitrogens with zero attached hydrogens (tertiary/aromatic N) is 1. The van der Waals surface area contributed by atoms with E-state index in [0.29, 0.717) is 28.9 Å². The van der Waals surface area contributed by atoms with Crippen LogP contribution in [0.25, 0.3) is 0 Å². The Kier molecular flexibility index (Phi) is 5.63. The molecule has 17 heavy (non-hydrogen) atoms. The van der Waals surface area contributed by atoms with E-state index in [4.69, 9.17) is 15.7 Å².